The van der Waals surface area contributed by atoms with E-state index < -0.39 is 0 Å². The van der Waals surface area contributed by atoms with Gasteiger partial charge in [-0.2, -0.15) is 0 Å². The largest absolute Gasteiger partial charge is 0.369 e. The highest BCUT2D eigenvalue weighted by molar-refractivity contribution is 5.21. The summed E-state index contributed by atoms with van der Waals surface area (Å²) in [5.74, 6) is 1.53. The van der Waals surface area contributed by atoms with Gasteiger partial charge in [0.05, 0.1) is 5.69 Å². The fourth-order valence-corrected chi connectivity index (χ4v) is 1.29. The van der Waals surface area contributed by atoms with E-state index in [4.69, 9.17) is 5.73 Å². The van der Waals surface area contributed by atoms with E-state index in [0.29, 0.717) is 5.95 Å². The molecule has 1 aliphatic carbocycles. The Balaban J connectivity index is 2.14. The van der Waals surface area contributed by atoms with E-state index in [0.717, 1.165) is 18.2 Å². The first-order valence-electron chi connectivity index (χ1n) is 4.05. The highest BCUT2D eigenvalue weighted by Gasteiger charge is 2.22. The van der Waals surface area contributed by atoms with Gasteiger partial charge in [-0.05, 0) is 25.7 Å². The minimum atomic E-state index is 0.661. The molecule has 2 rings (SSSR count). The molecule has 1 fully saturated rings. The lowest BCUT2D eigenvalue weighted by atomic mass is 10.4. The molecule has 0 saturated heterocycles. The molecule has 0 aliphatic heterocycles. The van der Waals surface area contributed by atoms with Crippen molar-refractivity contribution in [3.8, 4) is 0 Å². The van der Waals surface area contributed by atoms with Gasteiger partial charge in [0.25, 0.3) is 0 Å². The van der Waals surface area contributed by atoms with Crippen molar-refractivity contribution in [2.45, 2.75) is 26.3 Å². The Labute approximate surface area is 66.2 Å². The van der Waals surface area contributed by atoms with Crippen molar-refractivity contribution in [3.05, 3.63) is 11.9 Å². The number of anilines is 1. The number of hydrogen-bond acceptors (Lipinski definition) is 2. The van der Waals surface area contributed by atoms with Crippen LogP contribution in [-0.2, 0) is 6.54 Å². The number of nitrogens with zero attached hydrogens (tertiary/aromatic N) is 2. The molecule has 0 aromatic carbocycles. The molecule has 3 heteroatoms. The van der Waals surface area contributed by atoms with Crippen molar-refractivity contribution in [1.29, 1.82) is 0 Å². The number of imidazole rings is 1. The fraction of sp³-hybridized carbons (Fsp3) is 0.625. The Hall–Kier alpha value is -0.990. The quantitative estimate of drug-likeness (QED) is 0.689. The Morgan fingerprint density at radius 1 is 1.73 bits per heavy atom. The second kappa shape index (κ2) is 2.26. The van der Waals surface area contributed by atoms with E-state index >= 15 is 0 Å². The summed E-state index contributed by atoms with van der Waals surface area (Å²) in [6, 6.07) is 0. The third-order valence-corrected chi connectivity index (χ3v) is 2.08. The van der Waals surface area contributed by atoms with Crippen LogP contribution in [0.5, 0.6) is 0 Å². The highest BCUT2D eigenvalue weighted by Crippen LogP contribution is 2.31. The number of aromatic nitrogens is 2. The molecule has 1 heterocycles. The molecule has 0 bridgehead atoms. The van der Waals surface area contributed by atoms with Gasteiger partial charge in [-0.15, -0.1) is 0 Å². The van der Waals surface area contributed by atoms with Gasteiger partial charge in [0.1, 0.15) is 0 Å². The summed E-state index contributed by atoms with van der Waals surface area (Å²) in [6.07, 6.45) is 4.74. The van der Waals surface area contributed by atoms with Crippen LogP contribution >= 0.6 is 0 Å². The van der Waals surface area contributed by atoms with Gasteiger partial charge in [-0.1, -0.05) is 0 Å². The van der Waals surface area contributed by atoms with E-state index in [-0.39, 0.29) is 0 Å². The van der Waals surface area contributed by atoms with Crippen LogP contribution in [-0.4, -0.2) is 9.55 Å². The smallest absolute Gasteiger partial charge is 0.200 e. The standard InChI is InChI=1S/C8H13N3/c1-6-4-11(8(9)10-6)5-7-2-3-7/h4,7H,2-3,5H2,1H3,(H2,9,10). The van der Waals surface area contributed by atoms with E-state index in [1.807, 2.05) is 17.7 Å². The van der Waals surface area contributed by atoms with Crippen molar-refractivity contribution in [3.63, 3.8) is 0 Å². The van der Waals surface area contributed by atoms with Crippen LogP contribution < -0.4 is 5.73 Å². The summed E-state index contributed by atoms with van der Waals surface area (Å²) >= 11 is 0. The number of nitrogen functional groups attached to an aromatic ring is 1. The summed E-state index contributed by atoms with van der Waals surface area (Å²) in [4.78, 5) is 4.13. The molecular weight excluding hydrogens is 138 g/mol. The first-order chi connectivity index (χ1) is 5.25. The SMILES string of the molecule is Cc1cn(CC2CC2)c(N)n1. The van der Waals surface area contributed by atoms with Crippen LogP contribution in [0.15, 0.2) is 6.20 Å². The van der Waals surface area contributed by atoms with Crippen LogP contribution in [0.25, 0.3) is 0 Å². The van der Waals surface area contributed by atoms with Crippen molar-refractivity contribution < 1.29 is 0 Å². The maximum Gasteiger partial charge on any atom is 0.200 e. The molecule has 0 spiro atoms. The monoisotopic (exact) mass is 151 g/mol. The molecule has 60 valence electrons. The first kappa shape index (κ1) is 6.70. The van der Waals surface area contributed by atoms with Gasteiger partial charge in [0.15, 0.2) is 5.95 Å². The average molecular weight is 151 g/mol. The summed E-state index contributed by atoms with van der Waals surface area (Å²) in [7, 11) is 0. The van der Waals surface area contributed by atoms with Gasteiger partial charge in [0, 0.05) is 12.7 Å². The highest BCUT2D eigenvalue weighted by atomic mass is 15.1. The molecule has 11 heavy (non-hydrogen) atoms. The van der Waals surface area contributed by atoms with E-state index in [2.05, 4.69) is 4.98 Å². The van der Waals surface area contributed by atoms with Crippen LogP contribution in [0.3, 0.4) is 0 Å². The Kier molecular flexibility index (Phi) is 1.37. The molecule has 0 unspecified atom stereocenters. The third kappa shape index (κ3) is 1.37. The predicted molar refractivity (Wildman–Crippen MR) is 44.1 cm³/mol. The fourth-order valence-electron chi connectivity index (χ4n) is 1.29. The van der Waals surface area contributed by atoms with E-state index in [1.165, 1.54) is 12.8 Å². The number of aryl methyl sites for hydroxylation is 1. The van der Waals surface area contributed by atoms with Crippen molar-refractivity contribution in [2.24, 2.45) is 5.92 Å². The van der Waals surface area contributed by atoms with Crippen molar-refractivity contribution in [1.82, 2.24) is 9.55 Å². The van der Waals surface area contributed by atoms with Gasteiger partial charge in [0.2, 0.25) is 0 Å². The maximum atomic E-state index is 5.67. The van der Waals surface area contributed by atoms with Gasteiger partial charge >= 0.3 is 0 Å². The number of rotatable bonds is 2. The van der Waals surface area contributed by atoms with Crippen LogP contribution in [0.1, 0.15) is 18.5 Å². The van der Waals surface area contributed by atoms with Gasteiger partial charge in [-0.3, -0.25) is 0 Å². The second-order valence-electron chi connectivity index (χ2n) is 3.34. The Morgan fingerprint density at radius 2 is 2.45 bits per heavy atom. The molecule has 1 aromatic heterocycles. The summed E-state index contributed by atoms with van der Waals surface area (Å²) in [5.41, 5.74) is 6.69. The van der Waals surface area contributed by atoms with Crippen LogP contribution in [0, 0.1) is 12.8 Å². The molecule has 0 radical (unpaired) electrons. The zero-order chi connectivity index (χ0) is 7.84. The molecule has 1 aromatic rings. The molecule has 1 saturated carbocycles. The number of nitrogens with two attached hydrogens (primary N) is 1. The Bertz CT molecular complexity index is 260. The third-order valence-electron chi connectivity index (χ3n) is 2.08. The first-order valence-corrected chi connectivity index (χ1v) is 4.05. The minimum Gasteiger partial charge on any atom is -0.369 e. The molecule has 0 atom stereocenters. The van der Waals surface area contributed by atoms with E-state index in [1.54, 1.807) is 0 Å². The van der Waals surface area contributed by atoms with Crippen LogP contribution in [0.4, 0.5) is 5.95 Å². The molecule has 3 nitrogen and oxygen atoms in total. The lowest BCUT2D eigenvalue weighted by molar-refractivity contribution is 0.634. The van der Waals surface area contributed by atoms with Crippen molar-refractivity contribution in [2.75, 3.05) is 5.73 Å². The van der Waals surface area contributed by atoms with Crippen molar-refractivity contribution >= 4 is 5.95 Å². The van der Waals surface area contributed by atoms with Gasteiger partial charge in [-0.25, -0.2) is 4.98 Å². The summed E-state index contributed by atoms with van der Waals surface area (Å²) in [6.45, 7) is 3.03. The molecular formula is C8H13N3. The predicted octanol–water partition coefficient (Wildman–Crippen LogP) is 1.18. The maximum absolute atomic E-state index is 5.67. The molecule has 2 N–H and O–H groups in total. The molecule has 0 amide bonds. The lowest BCUT2D eigenvalue weighted by Crippen LogP contribution is -2.03. The van der Waals surface area contributed by atoms with Gasteiger partial charge < -0.3 is 10.3 Å². The second-order valence-corrected chi connectivity index (χ2v) is 3.34. The zero-order valence-electron chi connectivity index (χ0n) is 6.75. The topological polar surface area (TPSA) is 43.8 Å². The lowest BCUT2D eigenvalue weighted by Gasteiger charge is -2.00. The summed E-state index contributed by atoms with van der Waals surface area (Å²) < 4.78 is 2.05. The normalized spacial score (nSPS) is 17.2. The zero-order valence-corrected chi connectivity index (χ0v) is 6.75. The average Bonchev–Trinajstić information content (AvgIpc) is 2.64. The minimum absolute atomic E-state index is 0.661. The van der Waals surface area contributed by atoms with E-state index in [9.17, 15) is 0 Å². The Morgan fingerprint density at radius 3 is 2.91 bits per heavy atom. The number of hydrogen-bond donors (Lipinski definition) is 1. The molecule has 1 aliphatic rings. The van der Waals surface area contributed by atoms with Crippen LogP contribution in [0.2, 0.25) is 0 Å². The summed E-state index contributed by atoms with van der Waals surface area (Å²) in [5, 5.41) is 0.